The predicted molar refractivity (Wildman–Crippen MR) is 116 cm³/mol. The fourth-order valence-electron chi connectivity index (χ4n) is 3.08. The number of benzene rings is 2. The van der Waals surface area contributed by atoms with Crippen LogP contribution in [0, 0.1) is 5.82 Å². The second-order valence-electron chi connectivity index (χ2n) is 6.33. The first-order chi connectivity index (χ1) is 14.1. The number of nitrogens with zero attached hydrogens (tertiary/aromatic N) is 2. The zero-order valence-electron chi connectivity index (χ0n) is 15.7. The molecule has 0 aliphatic carbocycles. The molecule has 0 spiro atoms. The largest absolute Gasteiger partial charge is 0.494 e. The molecule has 0 saturated carbocycles. The summed E-state index contributed by atoms with van der Waals surface area (Å²) in [6, 6.07) is 11.9. The van der Waals surface area contributed by atoms with Gasteiger partial charge in [-0.25, -0.2) is 9.37 Å². The molecule has 0 radical (unpaired) electrons. The molecule has 150 valence electrons. The first-order valence-corrected chi connectivity index (χ1v) is 11.5. The molecule has 0 unspecified atom stereocenters. The number of thioether (sulfide) groups is 2. The number of hydrogen-bond donors (Lipinski definition) is 0. The smallest absolute Gasteiger partial charge is 0.272 e. The summed E-state index contributed by atoms with van der Waals surface area (Å²) >= 11 is 9.00. The van der Waals surface area contributed by atoms with Crippen molar-refractivity contribution < 1.29 is 9.13 Å². The molecule has 3 aromatic rings. The monoisotopic (exact) mass is 448 g/mol. The highest BCUT2D eigenvalue weighted by Crippen LogP contribution is 2.33. The number of aromatic nitrogens is 2. The highest BCUT2D eigenvalue weighted by Gasteiger charge is 2.23. The van der Waals surface area contributed by atoms with Gasteiger partial charge in [0.25, 0.3) is 5.56 Å². The van der Waals surface area contributed by atoms with Crippen molar-refractivity contribution in [3.63, 3.8) is 0 Å². The van der Waals surface area contributed by atoms with E-state index in [9.17, 15) is 9.18 Å². The number of ether oxygens (including phenoxy) is 1. The standard InChI is InChI=1S/C21H18ClFN2O2S2/c1-2-27-14-8-6-13(7-9-14)25-20(26)19-18(10-11-28-19)24-21(25)29-12-15-16(22)4-3-5-17(15)23/h3-9H,2,10-12H2,1H3. The minimum absolute atomic E-state index is 0.0937. The van der Waals surface area contributed by atoms with Crippen LogP contribution in [-0.2, 0) is 12.2 Å². The molecule has 0 N–H and O–H groups in total. The van der Waals surface area contributed by atoms with Gasteiger partial charge in [-0.05, 0) is 43.3 Å². The quantitative estimate of drug-likeness (QED) is 0.375. The zero-order valence-corrected chi connectivity index (χ0v) is 18.0. The number of hydrogen-bond acceptors (Lipinski definition) is 5. The van der Waals surface area contributed by atoms with Crippen molar-refractivity contribution in [2.75, 3.05) is 12.4 Å². The second kappa shape index (κ2) is 8.81. The van der Waals surface area contributed by atoms with Gasteiger partial charge in [-0.2, -0.15) is 0 Å². The molecule has 1 aromatic heterocycles. The van der Waals surface area contributed by atoms with Crippen LogP contribution in [0.1, 0.15) is 18.2 Å². The molecule has 0 bridgehead atoms. The average Bonchev–Trinajstić information content (AvgIpc) is 3.18. The Morgan fingerprint density at radius 2 is 2.07 bits per heavy atom. The molecule has 4 nitrogen and oxygen atoms in total. The van der Waals surface area contributed by atoms with Crippen LogP contribution in [-0.4, -0.2) is 21.9 Å². The van der Waals surface area contributed by atoms with Crippen LogP contribution in [0.3, 0.4) is 0 Å². The normalized spacial score (nSPS) is 12.8. The summed E-state index contributed by atoms with van der Waals surface area (Å²) < 4.78 is 21.3. The molecule has 0 saturated heterocycles. The number of fused-ring (bicyclic) bond motifs is 1. The van der Waals surface area contributed by atoms with E-state index < -0.39 is 0 Å². The summed E-state index contributed by atoms with van der Waals surface area (Å²) in [6.45, 7) is 2.49. The molecular formula is C21H18ClFN2O2S2. The summed E-state index contributed by atoms with van der Waals surface area (Å²) in [5.41, 5.74) is 1.82. The van der Waals surface area contributed by atoms with Crippen molar-refractivity contribution in [1.82, 2.24) is 9.55 Å². The maximum atomic E-state index is 14.2. The molecule has 0 atom stereocenters. The van der Waals surface area contributed by atoms with E-state index in [1.54, 1.807) is 16.7 Å². The minimum Gasteiger partial charge on any atom is -0.494 e. The fraction of sp³-hybridized carbons (Fsp3) is 0.238. The van der Waals surface area contributed by atoms with Gasteiger partial charge >= 0.3 is 0 Å². The van der Waals surface area contributed by atoms with E-state index in [4.69, 9.17) is 21.3 Å². The van der Waals surface area contributed by atoms with Crippen molar-refractivity contribution in [2.24, 2.45) is 0 Å². The SMILES string of the molecule is CCOc1ccc(-n2c(SCc3c(F)cccc3Cl)nc3c(c2=O)SCC3)cc1. The van der Waals surface area contributed by atoms with Crippen LogP contribution < -0.4 is 10.3 Å². The lowest BCUT2D eigenvalue weighted by Gasteiger charge is -2.15. The van der Waals surface area contributed by atoms with Gasteiger partial charge in [0.1, 0.15) is 11.6 Å². The van der Waals surface area contributed by atoms with E-state index in [-0.39, 0.29) is 17.1 Å². The van der Waals surface area contributed by atoms with E-state index >= 15 is 0 Å². The lowest BCUT2D eigenvalue weighted by Crippen LogP contribution is -2.23. The second-order valence-corrected chi connectivity index (χ2v) is 8.78. The van der Waals surface area contributed by atoms with Crippen molar-refractivity contribution in [3.8, 4) is 11.4 Å². The van der Waals surface area contributed by atoms with Gasteiger partial charge < -0.3 is 4.74 Å². The Hall–Kier alpha value is -1.96. The van der Waals surface area contributed by atoms with Crippen molar-refractivity contribution in [2.45, 2.75) is 29.1 Å². The van der Waals surface area contributed by atoms with Gasteiger partial charge in [-0.1, -0.05) is 29.4 Å². The summed E-state index contributed by atoms with van der Waals surface area (Å²) in [6.07, 6.45) is 0.757. The molecule has 29 heavy (non-hydrogen) atoms. The average molecular weight is 449 g/mol. The van der Waals surface area contributed by atoms with E-state index in [2.05, 4.69) is 0 Å². The third-order valence-electron chi connectivity index (χ3n) is 4.48. The maximum Gasteiger partial charge on any atom is 0.272 e. The van der Waals surface area contributed by atoms with Gasteiger partial charge in [0.15, 0.2) is 5.16 Å². The topological polar surface area (TPSA) is 44.1 Å². The Labute approximate surface area is 181 Å². The minimum atomic E-state index is -0.364. The van der Waals surface area contributed by atoms with Crippen LogP contribution in [0.5, 0.6) is 5.75 Å². The summed E-state index contributed by atoms with van der Waals surface area (Å²) in [7, 11) is 0. The molecule has 1 aliphatic heterocycles. The highest BCUT2D eigenvalue weighted by molar-refractivity contribution is 7.99. The number of halogens is 2. The molecule has 1 aliphatic rings. The van der Waals surface area contributed by atoms with Gasteiger partial charge in [-0.15, -0.1) is 11.8 Å². The molecule has 2 heterocycles. The van der Waals surface area contributed by atoms with Crippen molar-refractivity contribution in [1.29, 1.82) is 0 Å². The van der Waals surface area contributed by atoms with Crippen LogP contribution in [0.2, 0.25) is 5.02 Å². The Balaban J connectivity index is 1.75. The van der Waals surface area contributed by atoms with Gasteiger partial charge in [0, 0.05) is 28.5 Å². The van der Waals surface area contributed by atoms with Crippen LogP contribution in [0.4, 0.5) is 4.39 Å². The van der Waals surface area contributed by atoms with Crippen LogP contribution in [0.25, 0.3) is 5.69 Å². The molecule has 4 rings (SSSR count). The fourth-order valence-corrected chi connectivity index (χ4v) is 5.48. The first kappa shape index (κ1) is 20.3. The lowest BCUT2D eigenvalue weighted by atomic mass is 10.2. The Kier molecular flexibility index (Phi) is 6.18. The Morgan fingerprint density at radius 1 is 1.28 bits per heavy atom. The van der Waals surface area contributed by atoms with Gasteiger partial charge in [0.2, 0.25) is 0 Å². The molecule has 8 heteroatoms. The van der Waals surface area contributed by atoms with Crippen molar-refractivity contribution >= 4 is 35.1 Å². The van der Waals surface area contributed by atoms with E-state index in [0.717, 1.165) is 23.6 Å². The third-order valence-corrected chi connectivity index (χ3v) is 6.91. The van der Waals surface area contributed by atoms with E-state index in [1.165, 1.54) is 29.6 Å². The Morgan fingerprint density at radius 3 is 2.79 bits per heavy atom. The summed E-state index contributed by atoms with van der Waals surface area (Å²) in [4.78, 5) is 18.6. The molecular weight excluding hydrogens is 431 g/mol. The molecule has 0 amide bonds. The van der Waals surface area contributed by atoms with E-state index in [0.29, 0.717) is 32.9 Å². The summed E-state index contributed by atoms with van der Waals surface area (Å²) in [5, 5.41) is 0.893. The van der Waals surface area contributed by atoms with Gasteiger partial charge in [-0.3, -0.25) is 9.36 Å². The van der Waals surface area contributed by atoms with Gasteiger partial charge in [0.05, 0.1) is 22.9 Å². The van der Waals surface area contributed by atoms with E-state index in [1.807, 2.05) is 31.2 Å². The predicted octanol–water partition coefficient (Wildman–Crippen LogP) is 5.36. The summed E-state index contributed by atoms with van der Waals surface area (Å²) in [5.74, 6) is 1.49. The van der Waals surface area contributed by atoms with Crippen LogP contribution in [0.15, 0.2) is 57.3 Å². The molecule has 2 aromatic carbocycles. The zero-order chi connectivity index (χ0) is 20.4. The first-order valence-electron chi connectivity index (χ1n) is 9.16. The number of aryl methyl sites for hydroxylation is 1. The highest BCUT2D eigenvalue weighted by atomic mass is 35.5. The maximum absolute atomic E-state index is 14.2. The van der Waals surface area contributed by atoms with Crippen LogP contribution >= 0.6 is 35.1 Å². The number of rotatable bonds is 6. The Bertz CT molecular complexity index is 1080. The van der Waals surface area contributed by atoms with Crippen molar-refractivity contribution in [3.05, 3.63) is 74.9 Å². The third kappa shape index (κ3) is 4.17. The molecule has 0 fully saturated rings. The lowest BCUT2D eigenvalue weighted by molar-refractivity contribution is 0.340.